The van der Waals surface area contributed by atoms with Crippen LogP contribution in [0.3, 0.4) is 0 Å². The Labute approximate surface area is 163 Å². The second kappa shape index (κ2) is 4.52. The van der Waals surface area contributed by atoms with Gasteiger partial charge in [-0.1, -0.05) is 13.8 Å². The fraction of sp³-hybridized carbons (Fsp3) is 0.857. The predicted molar refractivity (Wildman–Crippen MR) is 93.3 cm³/mol. The highest BCUT2D eigenvalue weighted by atomic mass is 16.8. The minimum absolute atomic E-state index is 0.0241. The Morgan fingerprint density at radius 2 is 2.11 bits per heavy atom. The number of aliphatic hydroxyl groups excluding tert-OH is 1. The van der Waals surface area contributed by atoms with Crippen LogP contribution in [-0.2, 0) is 28.5 Å². The Kier molecular flexibility index (Phi) is 2.71. The van der Waals surface area contributed by atoms with Crippen LogP contribution in [0.5, 0.6) is 0 Å². The highest BCUT2D eigenvalue weighted by molar-refractivity contribution is 5.92. The molecule has 4 aliphatic heterocycles. The third-order valence-electron chi connectivity index (χ3n) is 9.44. The fourth-order valence-electron chi connectivity index (χ4n) is 8.05. The molecule has 7 heteroatoms. The monoisotopic (exact) mass is 390 g/mol. The van der Waals surface area contributed by atoms with Crippen molar-refractivity contribution in [2.24, 2.45) is 17.3 Å². The van der Waals surface area contributed by atoms with Crippen molar-refractivity contribution in [1.82, 2.24) is 0 Å². The second-order valence-electron chi connectivity index (χ2n) is 10.1. The maximum atomic E-state index is 12.2. The van der Waals surface area contributed by atoms with Gasteiger partial charge in [0.25, 0.3) is 0 Å². The Morgan fingerprint density at radius 1 is 1.29 bits per heavy atom. The molecular formula is C21H26O7. The molecule has 0 aromatic rings. The molecule has 2 saturated carbocycles. The van der Waals surface area contributed by atoms with E-state index in [4.69, 9.17) is 23.7 Å². The number of hydrogen-bond acceptors (Lipinski definition) is 7. The Hall–Kier alpha value is -0.990. The lowest BCUT2D eigenvalue weighted by atomic mass is 9.46. The van der Waals surface area contributed by atoms with E-state index in [1.54, 1.807) is 7.11 Å². The number of ether oxygens (including phenoxy) is 5. The normalized spacial score (nSPS) is 60.4. The van der Waals surface area contributed by atoms with E-state index >= 15 is 0 Å². The molecule has 28 heavy (non-hydrogen) atoms. The van der Waals surface area contributed by atoms with E-state index in [-0.39, 0.29) is 54.2 Å². The van der Waals surface area contributed by atoms with Crippen molar-refractivity contribution >= 4 is 5.97 Å². The summed E-state index contributed by atoms with van der Waals surface area (Å²) in [5.41, 5.74) is 0.410. The summed E-state index contributed by atoms with van der Waals surface area (Å²) >= 11 is 0. The van der Waals surface area contributed by atoms with Gasteiger partial charge in [0.05, 0.1) is 6.10 Å². The van der Waals surface area contributed by atoms with Gasteiger partial charge in [0.15, 0.2) is 5.60 Å². The van der Waals surface area contributed by atoms with Gasteiger partial charge in [-0.05, 0) is 30.8 Å². The zero-order valence-corrected chi connectivity index (χ0v) is 16.4. The number of methoxy groups -OCH3 is 1. The number of rotatable bonds is 3. The minimum Gasteiger partial charge on any atom is -0.458 e. The van der Waals surface area contributed by atoms with Gasteiger partial charge in [0.2, 0.25) is 0 Å². The van der Waals surface area contributed by atoms with Crippen molar-refractivity contribution in [1.29, 1.82) is 0 Å². The smallest absolute Gasteiger partial charge is 0.334 e. The van der Waals surface area contributed by atoms with Gasteiger partial charge in [0.1, 0.15) is 36.1 Å². The van der Waals surface area contributed by atoms with Gasteiger partial charge in [-0.25, -0.2) is 4.79 Å². The summed E-state index contributed by atoms with van der Waals surface area (Å²) in [6, 6.07) is 0. The molecule has 10 atom stereocenters. The number of esters is 1. The lowest BCUT2D eigenvalue weighted by Crippen LogP contribution is -2.69. The molecule has 152 valence electrons. The molecule has 5 fully saturated rings. The molecule has 0 bridgehead atoms. The van der Waals surface area contributed by atoms with Crippen molar-refractivity contribution in [3.63, 3.8) is 0 Å². The van der Waals surface area contributed by atoms with Crippen LogP contribution in [-0.4, -0.2) is 72.6 Å². The first-order chi connectivity index (χ1) is 13.4. The number of fused-ring (bicyclic) bond motifs is 4. The molecular weight excluding hydrogens is 364 g/mol. The number of carbonyl (C=O) groups is 1. The molecule has 0 aromatic carbocycles. The molecule has 3 aliphatic carbocycles. The van der Waals surface area contributed by atoms with Gasteiger partial charge in [0, 0.05) is 30.6 Å². The molecule has 0 radical (unpaired) electrons. The molecule has 0 aromatic heterocycles. The van der Waals surface area contributed by atoms with E-state index in [1.807, 2.05) is 6.92 Å². The molecule has 1 unspecified atom stereocenters. The molecule has 7 nitrogen and oxygen atoms in total. The predicted octanol–water partition coefficient (Wildman–Crippen LogP) is 0.730. The van der Waals surface area contributed by atoms with Crippen molar-refractivity contribution in [2.75, 3.05) is 20.3 Å². The van der Waals surface area contributed by atoms with Crippen molar-refractivity contribution < 1.29 is 33.6 Å². The van der Waals surface area contributed by atoms with E-state index in [2.05, 4.69) is 6.92 Å². The summed E-state index contributed by atoms with van der Waals surface area (Å²) in [5, 5.41) is 9.88. The molecule has 7 rings (SSSR count). The number of carbonyl (C=O) groups excluding carboxylic acids is 1. The summed E-state index contributed by atoms with van der Waals surface area (Å²) in [6.45, 7) is 4.78. The van der Waals surface area contributed by atoms with Crippen LogP contribution in [0.1, 0.15) is 33.1 Å². The number of aliphatic hydroxyl groups is 1. The van der Waals surface area contributed by atoms with E-state index in [1.165, 1.54) is 0 Å². The highest BCUT2D eigenvalue weighted by Crippen LogP contribution is 2.83. The highest BCUT2D eigenvalue weighted by Gasteiger charge is 3.00. The minimum atomic E-state index is -0.530. The van der Waals surface area contributed by atoms with Gasteiger partial charge >= 0.3 is 5.97 Å². The molecule has 1 N–H and O–H groups in total. The summed E-state index contributed by atoms with van der Waals surface area (Å²) in [5.74, 6) is 0.0411. The molecule has 2 spiro atoms. The maximum absolute atomic E-state index is 12.2. The average Bonchev–Trinajstić information content (AvgIpc) is 3.58. The average molecular weight is 390 g/mol. The van der Waals surface area contributed by atoms with Gasteiger partial charge in [-0.2, -0.15) is 0 Å². The number of cyclic esters (lactones) is 1. The maximum Gasteiger partial charge on any atom is 0.334 e. The largest absolute Gasteiger partial charge is 0.458 e. The summed E-state index contributed by atoms with van der Waals surface area (Å²) in [4.78, 5) is 12.2. The van der Waals surface area contributed by atoms with E-state index < -0.39 is 16.8 Å². The van der Waals surface area contributed by atoms with Crippen molar-refractivity contribution in [2.45, 2.75) is 74.3 Å². The number of hydrogen-bond donors (Lipinski definition) is 1. The summed E-state index contributed by atoms with van der Waals surface area (Å²) in [6.07, 6.45) is 2.14. The zero-order valence-electron chi connectivity index (χ0n) is 16.4. The first-order valence-electron chi connectivity index (χ1n) is 10.5. The number of epoxide rings is 3. The molecule has 3 saturated heterocycles. The van der Waals surface area contributed by atoms with E-state index in [9.17, 15) is 9.90 Å². The lowest BCUT2D eigenvalue weighted by molar-refractivity contribution is -0.136. The summed E-state index contributed by atoms with van der Waals surface area (Å²) < 4.78 is 30.9. The third kappa shape index (κ3) is 1.36. The first-order valence-corrected chi connectivity index (χ1v) is 10.5. The van der Waals surface area contributed by atoms with Crippen LogP contribution < -0.4 is 0 Å². The molecule has 7 aliphatic rings. The SMILES string of the molecule is CO[C@@H]1[C@@]2(C(C)CO)O[C@H]2[C@@H]2O[C@]23[C@]12O[C@H]2C[C@H]1C2=C(CC[C@@]13C)C(=O)OC2. The third-order valence-corrected chi connectivity index (χ3v) is 9.44. The fourth-order valence-corrected chi connectivity index (χ4v) is 8.05. The molecule has 0 amide bonds. The van der Waals surface area contributed by atoms with Gasteiger partial charge in [-0.15, -0.1) is 0 Å². The quantitative estimate of drug-likeness (QED) is 0.561. The zero-order chi connectivity index (χ0) is 19.3. The van der Waals surface area contributed by atoms with E-state index in [0.717, 1.165) is 30.4 Å². The second-order valence-corrected chi connectivity index (χ2v) is 10.1. The van der Waals surface area contributed by atoms with E-state index in [0.29, 0.717) is 6.61 Å². The lowest BCUT2D eigenvalue weighted by Gasteiger charge is -2.53. The Balaban J connectivity index is 1.37. The Morgan fingerprint density at radius 3 is 2.86 bits per heavy atom. The first kappa shape index (κ1) is 16.8. The van der Waals surface area contributed by atoms with Crippen LogP contribution in [0.4, 0.5) is 0 Å². The van der Waals surface area contributed by atoms with Crippen LogP contribution in [0.25, 0.3) is 0 Å². The topological polar surface area (TPSA) is 93.4 Å². The molecule has 4 heterocycles. The van der Waals surface area contributed by atoms with Crippen LogP contribution in [0.2, 0.25) is 0 Å². The van der Waals surface area contributed by atoms with Crippen molar-refractivity contribution in [3.05, 3.63) is 11.1 Å². The van der Waals surface area contributed by atoms with Crippen LogP contribution in [0, 0.1) is 17.3 Å². The van der Waals surface area contributed by atoms with Gasteiger partial charge in [-0.3, -0.25) is 0 Å². The van der Waals surface area contributed by atoms with Crippen LogP contribution >= 0.6 is 0 Å². The van der Waals surface area contributed by atoms with Crippen LogP contribution in [0.15, 0.2) is 11.1 Å². The summed E-state index contributed by atoms with van der Waals surface area (Å²) in [7, 11) is 1.72. The Bertz CT molecular complexity index is 854. The van der Waals surface area contributed by atoms with Crippen molar-refractivity contribution in [3.8, 4) is 0 Å². The standard InChI is InChI=1S/C21H26O7/c1-9(7-22)19-14(27-19)15-21(28-15)18(2)5-4-10-11(8-25-16(10)23)12(18)6-13-20(21,26-13)17(19)24-3/h9,12-15,17,22H,4-8H2,1-3H3/t9?,12-,13-,14-,15-,17+,18-,19-,20+,21+/m0/s1. The van der Waals surface area contributed by atoms with Gasteiger partial charge < -0.3 is 28.8 Å².